The third-order valence-electron chi connectivity index (χ3n) is 3.42. The number of hydrogen-bond acceptors (Lipinski definition) is 0. The van der Waals surface area contributed by atoms with E-state index < -0.39 is 0 Å². The fourth-order valence-corrected chi connectivity index (χ4v) is 2.50. The Kier molecular flexibility index (Phi) is 4.31. The molecule has 0 saturated heterocycles. The zero-order valence-electron chi connectivity index (χ0n) is 10.6. The molecule has 2 heteroatoms. The van der Waals surface area contributed by atoms with Crippen molar-refractivity contribution in [3.63, 3.8) is 0 Å². The largest absolute Gasteiger partial charge is 0.0840 e. The van der Waals surface area contributed by atoms with Gasteiger partial charge in [-0.15, -0.1) is 0 Å². The molecule has 0 radical (unpaired) electrons. The van der Waals surface area contributed by atoms with E-state index in [1.165, 1.54) is 22.3 Å². The first-order chi connectivity index (χ1) is 8.59. The van der Waals surface area contributed by atoms with Crippen LogP contribution in [0.25, 0.3) is 0 Å². The zero-order valence-corrected chi connectivity index (χ0v) is 12.1. The lowest BCUT2D eigenvalue weighted by atomic mass is 9.98. The van der Waals surface area contributed by atoms with Gasteiger partial charge in [-0.1, -0.05) is 47.5 Å². The number of aryl methyl sites for hydroxylation is 2. The summed E-state index contributed by atoms with van der Waals surface area (Å²) >= 11 is 12.3. The first kappa shape index (κ1) is 13.5. The lowest BCUT2D eigenvalue weighted by molar-refractivity contribution is 0.939. The quantitative estimate of drug-likeness (QED) is 0.706. The molecule has 0 aliphatic rings. The monoisotopic (exact) mass is 278 g/mol. The van der Waals surface area contributed by atoms with Crippen LogP contribution in [0.3, 0.4) is 0 Å². The Morgan fingerprint density at radius 3 is 1.50 bits per heavy atom. The lowest BCUT2D eigenvalue weighted by Gasteiger charge is -2.10. The van der Waals surface area contributed by atoms with Crippen molar-refractivity contribution in [1.29, 1.82) is 0 Å². The summed E-state index contributed by atoms with van der Waals surface area (Å²) in [4.78, 5) is 0. The molecule has 0 amide bonds. The van der Waals surface area contributed by atoms with Crippen molar-refractivity contribution in [2.24, 2.45) is 0 Å². The Labute approximate surface area is 119 Å². The average molecular weight is 279 g/mol. The van der Waals surface area contributed by atoms with E-state index in [1.807, 2.05) is 24.3 Å². The van der Waals surface area contributed by atoms with Crippen molar-refractivity contribution in [2.45, 2.75) is 26.7 Å². The second kappa shape index (κ2) is 5.77. The summed E-state index contributed by atoms with van der Waals surface area (Å²) in [6.07, 6.45) is 1.99. The van der Waals surface area contributed by atoms with Crippen molar-refractivity contribution in [2.75, 3.05) is 0 Å². The summed E-state index contributed by atoms with van der Waals surface area (Å²) in [6.45, 7) is 4.14. The van der Waals surface area contributed by atoms with E-state index >= 15 is 0 Å². The third kappa shape index (κ3) is 2.88. The van der Waals surface area contributed by atoms with Gasteiger partial charge in [0.25, 0.3) is 0 Å². The second-order valence-electron chi connectivity index (χ2n) is 4.55. The third-order valence-corrected chi connectivity index (χ3v) is 4.24. The molecule has 0 atom stereocenters. The standard InChI is InChI=1S/C16H16Cl2/c1-11-13(5-3-7-15(11)17)9-10-14-6-4-8-16(18)12(14)2/h3-8H,9-10H2,1-2H3. The van der Waals surface area contributed by atoms with Crippen molar-refractivity contribution in [3.05, 3.63) is 68.7 Å². The molecule has 0 aliphatic heterocycles. The van der Waals surface area contributed by atoms with Crippen LogP contribution in [0.2, 0.25) is 10.0 Å². The predicted octanol–water partition coefficient (Wildman–Crippen LogP) is 5.40. The summed E-state index contributed by atoms with van der Waals surface area (Å²) in [6, 6.07) is 12.2. The van der Waals surface area contributed by atoms with Gasteiger partial charge in [0.05, 0.1) is 0 Å². The van der Waals surface area contributed by atoms with Gasteiger partial charge in [-0.3, -0.25) is 0 Å². The molecule has 0 nitrogen and oxygen atoms in total. The van der Waals surface area contributed by atoms with Gasteiger partial charge in [-0.2, -0.15) is 0 Å². The fraction of sp³-hybridized carbons (Fsp3) is 0.250. The van der Waals surface area contributed by atoms with E-state index in [2.05, 4.69) is 26.0 Å². The average Bonchev–Trinajstić information content (AvgIpc) is 2.36. The molecular weight excluding hydrogens is 263 g/mol. The lowest BCUT2D eigenvalue weighted by Crippen LogP contribution is -1.97. The minimum atomic E-state index is 0.843. The van der Waals surface area contributed by atoms with Gasteiger partial charge < -0.3 is 0 Å². The molecule has 94 valence electrons. The van der Waals surface area contributed by atoms with Crippen LogP contribution in [0.5, 0.6) is 0 Å². The highest BCUT2D eigenvalue weighted by Gasteiger charge is 2.05. The Hall–Kier alpha value is -0.980. The maximum Gasteiger partial charge on any atom is 0.0437 e. The highest BCUT2D eigenvalue weighted by atomic mass is 35.5. The molecule has 0 fully saturated rings. The first-order valence-corrected chi connectivity index (χ1v) is 6.83. The molecule has 0 N–H and O–H groups in total. The smallest absolute Gasteiger partial charge is 0.0437 e. The number of hydrogen-bond donors (Lipinski definition) is 0. The molecule has 0 saturated carbocycles. The van der Waals surface area contributed by atoms with Crippen LogP contribution in [0, 0.1) is 13.8 Å². The van der Waals surface area contributed by atoms with Crippen LogP contribution in [0.15, 0.2) is 36.4 Å². The van der Waals surface area contributed by atoms with E-state index in [1.54, 1.807) is 0 Å². The molecule has 0 aromatic heterocycles. The second-order valence-corrected chi connectivity index (χ2v) is 5.36. The molecule has 0 unspecified atom stereocenters. The van der Waals surface area contributed by atoms with Gasteiger partial charge in [-0.25, -0.2) is 0 Å². The molecular formula is C16H16Cl2. The number of halogens is 2. The van der Waals surface area contributed by atoms with Crippen LogP contribution in [0.1, 0.15) is 22.3 Å². The summed E-state index contributed by atoms with van der Waals surface area (Å²) in [5.74, 6) is 0. The van der Waals surface area contributed by atoms with Crippen molar-refractivity contribution in [3.8, 4) is 0 Å². The molecule has 18 heavy (non-hydrogen) atoms. The first-order valence-electron chi connectivity index (χ1n) is 6.07. The van der Waals surface area contributed by atoms with Gasteiger partial charge in [0, 0.05) is 10.0 Å². The number of benzene rings is 2. The minimum Gasteiger partial charge on any atom is -0.0840 e. The molecule has 0 aliphatic carbocycles. The van der Waals surface area contributed by atoms with E-state index in [0.29, 0.717) is 0 Å². The summed E-state index contributed by atoms with van der Waals surface area (Å²) in [5, 5.41) is 1.69. The summed E-state index contributed by atoms with van der Waals surface area (Å²) in [7, 11) is 0. The topological polar surface area (TPSA) is 0 Å². The molecule has 0 heterocycles. The molecule has 0 spiro atoms. The van der Waals surface area contributed by atoms with Crippen molar-refractivity contribution in [1.82, 2.24) is 0 Å². The van der Waals surface area contributed by atoms with Crippen molar-refractivity contribution >= 4 is 23.2 Å². The van der Waals surface area contributed by atoms with Crippen LogP contribution in [-0.4, -0.2) is 0 Å². The molecule has 2 aromatic rings. The Morgan fingerprint density at radius 2 is 1.11 bits per heavy atom. The van der Waals surface area contributed by atoms with Crippen LogP contribution in [0.4, 0.5) is 0 Å². The van der Waals surface area contributed by atoms with Crippen molar-refractivity contribution < 1.29 is 0 Å². The van der Waals surface area contributed by atoms with Gasteiger partial charge in [0.2, 0.25) is 0 Å². The van der Waals surface area contributed by atoms with E-state index in [9.17, 15) is 0 Å². The fourth-order valence-electron chi connectivity index (χ4n) is 2.12. The molecule has 2 rings (SSSR count). The summed E-state index contributed by atoms with van der Waals surface area (Å²) < 4.78 is 0. The highest BCUT2D eigenvalue weighted by molar-refractivity contribution is 6.31. The SMILES string of the molecule is Cc1c(Cl)cccc1CCc1cccc(Cl)c1C. The Bertz CT molecular complexity index is 508. The van der Waals surface area contributed by atoms with Crippen LogP contribution >= 0.6 is 23.2 Å². The Morgan fingerprint density at radius 1 is 0.722 bits per heavy atom. The number of rotatable bonds is 3. The minimum absolute atomic E-state index is 0.843. The zero-order chi connectivity index (χ0) is 13.1. The van der Waals surface area contributed by atoms with Crippen LogP contribution < -0.4 is 0 Å². The van der Waals surface area contributed by atoms with Gasteiger partial charge in [0.1, 0.15) is 0 Å². The van der Waals surface area contributed by atoms with E-state index in [4.69, 9.17) is 23.2 Å². The van der Waals surface area contributed by atoms with E-state index in [-0.39, 0.29) is 0 Å². The van der Waals surface area contributed by atoms with Gasteiger partial charge >= 0.3 is 0 Å². The van der Waals surface area contributed by atoms with Gasteiger partial charge in [0.15, 0.2) is 0 Å². The predicted molar refractivity (Wildman–Crippen MR) is 79.8 cm³/mol. The van der Waals surface area contributed by atoms with Gasteiger partial charge in [-0.05, 0) is 61.1 Å². The highest BCUT2D eigenvalue weighted by Crippen LogP contribution is 2.23. The molecule has 0 bridgehead atoms. The van der Waals surface area contributed by atoms with E-state index in [0.717, 1.165) is 22.9 Å². The molecule has 2 aromatic carbocycles. The normalized spacial score (nSPS) is 10.7. The summed E-state index contributed by atoms with van der Waals surface area (Å²) in [5.41, 5.74) is 4.97. The van der Waals surface area contributed by atoms with Crippen LogP contribution in [-0.2, 0) is 12.8 Å². The maximum atomic E-state index is 6.13. The maximum absolute atomic E-state index is 6.13. The Balaban J connectivity index is 2.17.